The number of nitrogens with zero attached hydrogens (tertiary/aromatic N) is 1. The molecule has 3 unspecified atom stereocenters. The molecule has 2 saturated heterocycles. The monoisotopic (exact) mass is 274 g/mol. The third kappa shape index (κ3) is 2.66. The van der Waals surface area contributed by atoms with Gasteiger partial charge in [-0.2, -0.15) is 0 Å². The van der Waals surface area contributed by atoms with E-state index in [0.29, 0.717) is 24.6 Å². The van der Waals surface area contributed by atoms with Gasteiger partial charge < -0.3 is 15.0 Å². The number of benzene rings is 1. The Morgan fingerprint density at radius 3 is 2.95 bits per heavy atom. The average molecular weight is 274 g/mol. The van der Waals surface area contributed by atoms with Crippen molar-refractivity contribution in [3.8, 4) is 0 Å². The molecule has 3 atom stereocenters. The average Bonchev–Trinajstić information content (AvgIpc) is 2.96. The van der Waals surface area contributed by atoms with Crippen molar-refractivity contribution >= 4 is 6.09 Å². The van der Waals surface area contributed by atoms with Crippen molar-refractivity contribution in [2.75, 3.05) is 13.1 Å². The van der Waals surface area contributed by atoms with E-state index in [9.17, 15) is 4.79 Å². The number of nitrogens with one attached hydrogen (secondary N) is 1. The number of rotatable bonds is 2. The Kier molecular flexibility index (Phi) is 3.92. The molecule has 108 valence electrons. The highest BCUT2D eigenvalue weighted by molar-refractivity contribution is 5.68. The Bertz CT molecular complexity index is 463. The van der Waals surface area contributed by atoms with E-state index in [4.69, 9.17) is 4.74 Å². The molecular formula is C16H22N2O2. The first kappa shape index (κ1) is 13.4. The van der Waals surface area contributed by atoms with E-state index in [1.165, 1.54) is 0 Å². The van der Waals surface area contributed by atoms with Gasteiger partial charge >= 0.3 is 6.09 Å². The lowest BCUT2D eigenvalue weighted by molar-refractivity contribution is 0.0546. The van der Waals surface area contributed by atoms with Crippen LogP contribution in [0.15, 0.2) is 30.3 Å². The van der Waals surface area contributed by atoms with Gasteiger partial charge in [0.25, 0.3) is 0 Å². The third-order valence-corrected chi connectivity index (χ3v) is 4.51. The highest BCUT2D eigenvalue weighted by atomic mass is 16.6. The fourth-order valence-electron chi connectivity index (χ4n) is 3.36. The zero-order valence-electron chi connectivity index (χ0n) is 11.9. The van der Waals surface area contributed by atoms with E-state index in [1.54, 1.807) is 0 Å². The zero-order valence-corrected chi connectivity index (χ0v) is 11.9. The minimum atomic E-state index is -0.167. The largest absolute Gasteiger partial charge is 0.445 e. The number of ether oxygens (including phenoxy) is 1. The topological polar surface area (TPSA) is 41.6 Å². The van der Waals surface area contributed by atoms with E-state index in [0.717, 1.165) is 31.5 Å². The van der Waals surface area contributed by atoms with E-state index in [2.05, 4.69) is 12.2 Å². The smallest absolute Gasteiger partial charge is 0.410 e. The van der Waals surface area contributed by atoms with Gasteiger partial charge in [-0.05, 0) is 30.9 Å². The molecule has 0 radical (unpaired) electrons. The minimum absolute atomic E-state index is 0.167. The van der Waals surface area contributed by atoms with Crippen molar-refractivity contribution in [3.05, 3.63) is 35.9 Å². The van der Waals surface area contributed by atoms with Gasteiger partial charge in [0.1, 0.15) is 6.61 Å². The molecule has 4 heteroatoms. The summed E-state index contributed by atoms with van der Waals surface area (Å²) in [6, 6.07) is 10.6. The van der Waals surface area contributed by atoms with E-state index >= 15 is 0 Å². The van der Waals surface area contributed by atoms with Crippen LogP contribution in [-0.2, 0) is 11.3 Å². The molecule has 0 saturated carbocycles. The molecule has 0 spiro atoms. The van der Waals surface area contributed by atoms with Crippen LogP contribution in [0.4, 0.5) is 4.79 Å². The number of likely N-dealkylation sites (tertiary alicyclic amines) is 1. The zero-order chi connectivity index (χ0) is 13.9. The number of carbonyl (C=O) groups is 1. The van der Waals surface area contributed by atoms with Gasteiger partial charge in [-0.1, -0.05) is 37.3 Å². The first-order valence-electron chi connectivity index (χ1n) is 7.46. The summed E-state index contributed by atoms with van der Waals surface area (Å²) >= 11 is 0. The number of piperidine rings is 1. The van der Waals surface area contributed by atoms with Crippen LogP contribution in [0.2, 0.25) is 0 Å². The maximum absolute atomic E-state index is 12.3. The maximum atomic E-state index is 12.3. The Hall–Kier alpha value is -1.55. The van der Waals surface area contributed by atoms with Crippen molar-refractivity contribution in [3.63, 3.8) is 0 Å². The standard InChI is InChI=1S/C16H22N2O2/c1-12-8-10-18(14-7-9-17-15(12)14)16(19)20-11-13-5-3-2-4-6-13/h2-6,12,14-15,17H,7-11H2,1H3. The third-order valence-electron chi connectivity index (χ3n) is 4.51. The first-order chi connectivity index (χ1) is 9.75. The highest BCUT2D eigenvalue weighted by Gasteiger charge is 2.41. The lowest BCUT2D eigenvalue weighted by Gasteiger charge is -2.40. The molecule has 0 aliphatic carbocycles. The Labute approximate surface area is 120 Å². The molecule has 1 N–H and O–H groups in total. The second-order valence-corrected chi connectivity index (χ2v) is 5.84. The van der Waals surface area contributed by atoms with Crippen LogP contribution < -0.4 is 5.32 Å². The molecule has 3 rings (SSSR count). The Morgan fingerprint density at radius 2 is 2.15 bits per heavy atom. The van der Waals surface area contributed by atoms with Gasteiger partial charge in [0.15, 0.2) is 0 Å². The Balaban J connectivity index is 1.59. The number of hydrogen-bond donors (Lipinski definition) is 1. The molecule has 0 bridgehead atoms. The number of hydrogen-bond acceptors (Lipinski definition) is 3. The predicted octanol–water partition coefficient (Wildman–Crippen LogP) is 2.40. The maximum Gasteiger partial charge on any atom is 0.410 e. The molecule has 2 fully saturated rings. The van der Waals surface area contributed by atoms with E-state index < -0.39 is 0 Å². The van der Waals surface area contributed by atoms with Crippen LogP contribution in [0.3, 0.4) is 0 Å². The summed E-state index contributed by atoms with van der Waals surface area (Å²) in [7, 11) is 0. The van der Waals surface area contributed by atoms with Gasteiger partial charge in [-0.3, -0.25) is 0 Å². The van der Waals surface area contributed by atoms with Gasteiger partial charge in [-0.25, -0.2) is 4.79 Å². The molecule has 1 aromatic rings. The fraction of sp³-hybridized carbons (Fsp3) is 0.562. The molecular weight excluding hydrogens is 252 g/mol. The van der Waals surface area contributed by atoms with Crippen LogP contribution in [0.25, 0.3) is 0 Å². The van der Waals surface area contributed by atoms with Crippen LogP contribution in [0.1, 0.15) is 25.3 Å². The van der Waals surface area contributed by atoms with Crippen LogP contribution in [0.5, 0.6) is 0 Å². The molecule has 1 aromatic carbocycles. The summed E-state index contributed by atoms with van der Waals surface area (Å²) in [6.45, 7) is 4.44. The van der Waals surface area contributed by atoms with Crippen LogP contribution in [-0.4, -0.2) is 36.2 Å². The molecule has 2 heterocycles. The molecule has 2 aliphatic heterocycles. The van der Waals surface area contributed by atoms with Crippen molar-refractivity contribution in [1.82, 2.24) is 10.2 Å². The number of carbonyl (C=O) groups excluding carboxylic acids is 1. The number of fused-ring (bicyclic) bond motifs is 1. The van der Waals surface area contributed by atoms with E-state index in [1.807, 2.05) is 35.2 Å². The SMILES string of the molecule is CC1CCN(C(=O)OCc2ccccc2)C2CCNC12. The summed E-state index contributed by atoms with van der Waals surface area (Å²) in [4.78, 5) is 14.2. The normalized spacial score (nSPS) is 29.1. The highest BCUT2D eigenvalue weighted by Crippen LogP contribution is 2.29. The van der Waals surface area contributed by atoms with Crippen molar-refractivity contribution < 1.29 is 9.53 Å². The van der Waals surface area contributed by atoms with Gasteiger partial charge in [0, 0.05) is 12.6 Å². The van der Waals surface area contributed by atoms with Crippen LogP contribution in [0, 0.1) is 5.92 Å². The first-order valence-corrected chi connectivity index (χ1v) is 7.46. The van der Waals surface area contributed by atoms with Gasteiger partial charge in [0.05, 0.1) is 6.04 Å². The lowest BCUT2D eigenvalue weighted by Crippen LogP contribution is -2.54. The fourth-order valence-corrected chi connectivity index (χ4v) is 3.36. The second-order valence-electron chi connectivity index (χ2n) is 5.84. The minimum Gasteiger partial charge on any atom is -0.445 e. The summed E-state index contributed by atoms with van der Waals surface area (Å²) in [6.07, 6.45) is 1.92. The van der Waals surface area contributed by atoms with E-state index in [-0.39, 0.29) is 6.09 Å². The van der Waals surface area contributed by atoms with Crippen molar-refractivity contribution in [1.29, 1.82) is 0 Å². The quantitative estimate of drug-likeness (QED) is 0.900. The molecule has 20 heavy (non-hydrogen) atoms. The predicted molar refractivity (Wildman–Crippen MR) is 77.3 cm³/mol. The lowest BCUT2D eigenvalue weighted by atomic mass is 9.88. The van der Waals surface area contributed by atoms with Crippen molar-refractivity contribution in [2.24, 2.45) is 5.92 Å². The second kappa shape index (κ2) is 5.83. The Morgan fingerprint density at radius 1 is 1.35 bits per heavy atom. The van der Waals surface area contributed by atoms with Crippen molar-refractivity contribution in [2.45, 2.75) is 38.5 Å². The van der Waals surface area contributed by atoms with Gasteiger partial charge in [0.2, 0.25) is 0 Å². The summed E-state index contributed by atoms with van der Waals surface area (Å²) < 4.78 is 5.47. The van der Waals surface area contributed by atoms with Crippen LogP contribution >= 0.6 is 0 Å². The number of amides is 1. The molecule has 1 amide bonds. The molecule has 2 aliphatic rings. The summed E-state index contributed by atoms with van der Waals surface area (Å²) in [5.74, 6) is 0.640. The molecule has 0 aromatic heterocycles. The molecule has 4 nitrogen and oxygen atoms in total. The van der Waals surface area contributed by atoms with Gasteiger partial charge in [-0.15, -0.1) is 0 Å². The summed E-state index contributed by atoms with van der Waals surface area (Å²) in [5, 5.41) is 3.52. The summed E-state index contributed by atoms with van der Waals surface area (Å²) in [5.41, 5.74) is 1.03.